The van der Waals surface area contributed by atoms with Gasteiger partial charge in [0, 0.05) is 35.5 Å². The first kappa shape index (κ1) is 28.4. The Labute approximate surface area is 223 Å². The zero-order chi connectivity index (χ0) is 26.5. The molecule has 2 aliphatic rings. The van der Waals surface area contributed by atoms with Crippen molar-refractivity contribution in [1.29, 1.82) is 0 Å². The summed E-state index contributed by atoms with van der Waals surface area (Å²) >= 11 is 3.48. The first-order valence-electron chi connectivity index (χ1n) is 12.8. The number of carbonyl (C=O) groups is 2. The minimum Gasteiger partial charge on any atom is -0.394 e. The highest BCUT2D eigenvalue weighted by molar-refractivity contribution is 9.10. The summed E-state index contributed by atoms with van der Waals surface area (Å²) in [5, 5.41) is 21.3. The third-order valence-electron chi connectivity index (χ3n) is 7.23. The van der Waals surface area contributed by atoms with Crippen LogP contribution in [0.2, 0.25) is 0 Å². The second-order valence-electron chi connectivity index (χ2n) is 10.2. The molecule has 2 amide bonds. The zero-order valence-corrected chi connectivity index (χ0v) is 23.4. The SMILES string of the molecule is CC(C)=CCC/C(C)=C/CN1C(=O)[C@@](O)([C@@H](C)/C=C/CC(=O)N2CCC[C@H]2CO)c2cc(Br)ccc21. The average Bonchev–Trinajstić information content (AvgIpc) is 3.39. The van der Waals surface area contributed by atoms with E-state index >= 15 is 0 Å². The van der Waals surface area contributed by atoms with Crippen LogP contribution in [-0.2, 0) is 15.2 Å². The summed E-state index contributed by atoms with van der Waals surface area (Å²) in [7, 11) is 0. The molecular weight excluding hydrogens is 520 g/mol. The van der Waals surface area contributed by atoms with Gasteiger partial charge in [-0.1, -0.05) is 58.3 Å². The van der Waals surface area contributed by atoms with Crippen LogP contribution in [0.15, 0.2) is 58.1 Å². The van der Waals surface area contributed by atoms with Crippen LogP contribution in [0.5, 0.6) is 0 Å². The van der Waals surface area contributed by atoms with Crippen molar-refractivity contribution in [3.63, 3.8) is 0 Å². The molecule has 1 fully saturated rings. The van der Waals surface area contributed by atoms with Gasteiger partial charge in [-0.05, 0) is 64.7 Å². The van der Waals surface area contributed by atoms with Crippen molar-refractivity contribution in [2.45, 2.75) is 71.4 Å². The second-order valence-corrected chi connectivity index (χ2v) is 11.1. The molecule has 0 saturated carbocycles. The third kappa shape index (κ3) is 6.18. The van der Waals surface area contributed by atoms with E-state index in [9.17, 15) is 19.8 Å². The fourth-order valence-corrected chi connectivity index (χ4v) is 5.38. The van der Waals surface area contributed by atoms with Gasteiger partial charge in [0.15, 0.2) is 5.60 Å². The van der Waals surface area contributed by atoms with Gasteiger partial charge in [0.2, 0.25) is 5.91 Å². The van der Waals surface area contributed by atoms with Crippen LogP contribution in [-0.4, -0.2) is 52.7 Å². The van der Waals surface area contributed by atoms with E-state index in [-0.39, 0.29) is 30.9 Å². The Morgan fingerprint density at radius 2 is 2.03 bits per heavy atom. The number of allylic oxidation sites excluding steroid dienone is 3. The van der Waals surface area contributed by atoms with E-state index in [4.69, 9.17) is 0 Å². The number of aliphatic hydroxyl groups excluding tert-OH is 1. The van der Waals surface area contributed by atoms with Crippen LogP contribution in [0.1, 0.15) is 65.4 Å². The highest BCUT2D eigenvalue weighted by Crippen LogP contribution is 2.46. The quantitative estimate of drug-likeness (QED) is 0.384. The van der Waals surface area contributed by atoms with Crippen LogP contribution in [0.4, 0.5) is 5.69 Å². The monoisotopic (exact) mass is 558 g/mol. The number of carbonyl (C=O) groups excluding carboxylic acids is 2. The molecule has 2 aliphatic heterocycles. The smallest absolute Gasteiger partial charge is 0.264 e. The van der Waals surface area contributed by atoms with Gasteiger partial charge in [-0.15, -0.1) is 0 Å². The van der Waals surface area contributed by atoms with Crippen molar-refractivity contribution in [2.24, 2.45) is 5.92 Å². The summed E-state index contributed by atoms with van der Waals surface area (Å²) in [6.07, 6.45) is 11.5. The van der Waals surface area contributed by atoms with Gasteiger partial charge in [0.05, 0.1) is 18.3 Å². The number of halogens is 1. The van der Waals surface area contributed by atoms with Gasteiger partial charge in [-0.3, -0.25) is 9.59 Å². The van der Waals surface area contributed by atoms with Crippen molar-refractivity contribution < 1.29 is 19.8 Å². The molecule has 0 aliphatic carbocycles. The molecule has 3 rings (SSSR count). The molecule has 196 valence electrons. The minimum absolute atomic E-state index is 0.0233. The van der Waals surface area contributed by atoms with E-state index < -0.39 is 11.5 Å². The molecule has 36 heavy (non-hydrogen) atoms. The van der Waals surface area contributed by atoms with Crippen LogP contribution >= 0.6 is 15.9 Å². The number of hydrogen-bond donors (Lipinski definition) is 2. The number of rotatable bonds is 10. The summed E-state index contributed by atoms with van der Waals surface area (Å²) in [5.41, 5.74) is 2.05. The standard InChI is InChI=1S/C29H39BrN2O4/c1-20(2)8-5-9-21(3)15-17-32-26-14-13-23(30)18-25(26)29(36,28(32)35)22(4)10-6-12-27(34)31-16-7-11-24(31)19-33/h6,8,10,13-15,18,22,24,33,36H,5,7,9,11-12,16-17,19H2,1-4H3/b10-6+,21-15+/t22-,24-,29+/m0/s1. The molecule has 6 nitrogen and oxygen atoms in total. The fraction of sp³-hybridized carbons (Fsp3) is 0.517. The number of likely N-dealkylation sites (tertiary alicyclic amines) is 1. The van der Waals surface area contributed by atoms with Crippen molar-refractivity contribution >= 4 is 33.4 Å². The molecule has 0 bridgehead atoms. The maximum Gasteiger partial charge on any atom is 0.264 e. The molecule has 2 heterocycles. The van der Waals surface area contributed by atoms with Gasteiger partial charge >= 0.3 is 0 Å². The largest absolute Gasteiger partial charge is 0.394 e. The summed E-state index contributed by atoms with van der Waals surface area (Å²) in [6.45, 7) is 9.07. The lowest BCUT2D eigenvalue weighted by molar-refractivity contribution is -0.139. The fourth-order valence-electron chi connectivity index (χ4n) is 5.02. The molecule has 0 radical (unpaired) electrons. The molecule has 0 spiro atoms. The summed E-state index contributed by atoms with van der Waals surface area (Å²) < 4.78 is 0.790. The van der Waals surface area contributed by atoms with E-state index in [2.05, 4.69) is 48.9 Å². The van der Waals surface area contributed by atoms with Crippen LogP contribution in [0, 0.1) is 5.92 Å². The Balaban J connectivity index is 1.76. The average molecular weight is 560 g/mol. The molecule has 2 N–H and O–H groups in total. The Bertz CT molecular complexity index is 1060. The molecule has 7 heteroatoms. The first-order chi connectivity index (χ1) is 17.1. The molecule has 0 unspecified atom stereocenters. The number of benzene rings is 1. The predicted molar refractivity (Wildman–Crippen MR) is 148 cm³/mol. The molecule has 0 aromatic heterocycles. The van der Waals surface area contributed by atoms with Crippen molar-refractivity contribution in [3.8, 4) is 0 Å². The Hall–Kier alpha value is -2.22. The lowest BCUT2D eigenvalue weighted by Crippen LogP contribution is -2.44. The summed E-state index contributed by atoms with van der Waals surface area (Å²) in [5.74, 6) is -0.934. The topological polar surface area (TPSA) is 81.1 Å². The normalized spacial score (nSPS) is 22.9. The Morgan fingerprint density at radius 3 is 2.72 bits per heavy atom. The van der Waals surface area contributed by atoms with Gasteiger partial charge in [-0.2, -0.15) is 0 Å². The molecule has 1 saturated heterocycles. The van der Waals surface area contributed by atoms with E-state index in [1.54, 1.807) is 28.9 Å². The van der Waals surface area contributed by atoms with Crippen molar-refractivity contribution in [3.05, 3.63) is 63.7 Å². The van der Waals surface area contributed by atoms with Crippen LogP contribution < -0.4 is 4.90 Å². The van der Waals surface area contributed by atoms with Gasteiger partial charge in [-0.25, -0.2) is 0 Å². The van der Waals surface area contributed by atoms with E-state index in [0.717, 1.165) is 30.2 Å². The van der Waals surface area contributed by atoms with Crippen LogP contribution in [0.25, 0.3) is 0 Å². The van der Waals surface area contributed by atoms with Gasteiger partial charge in [0.25, 0.3) is 5.91 Å². The molecule has 3 atom stereocenters. The Morgan fingerprint density at radius 1 is 1.28 bits per heavy atom. The first-order valence-corrected chi connectivity index (χ1v) is 13.6. The number of hydrogen-bond acceptors (Lipinski definition) is 4. The number of aliphatic hydroxyl groups is 2. The number of anilines is 1. The van der Waals surface area contributed by atoms with Crippen molar-refractivity contribution in [1.82, 2.24) is 4.90 Å². The number of amides is 2. The maximum atomic E-state index is 13.6. The lowest BCUT2D eigenvalue weighted by Gasteiger charge is -2.27. The predicted octanol–water partition coefficient (Wildman–Crippen LogP) is 5.24. The lowest BCUT2D eigenvalue weighted by atomic mass is 9.83. The number of nitrogens with zero attached hydrogens (tertiary/aromatic N) is 2. The minimum atomic E-state index is -1.72. The second kappa shape index (κ2) is 12.3. The summed E-state index contributed by atoms with van der Waals surface area (Å²) in [4.78, 5) is 29.6. The molecule has 1 aromatic rings. The van der Waals surface area contributed by atoms with E-state index in [0.29, 0.717) is 24.3 Å². The van der Waals surface area contributed by atoms with E-state index in [1.165, 1.54) is 11.1 Å². The number of fused-ring (bicyclic) bond motifs is 1. The van der Waals surface area contributed by atoms with E-state index in [1.807, 2.05) is 18.2 Å². The third-order valence-corrected chi connectivity index (χ3v) is 7.72. The highest BCUT2D eigenvalue weighted by Gasteiger charge is 2.52. The highest BCUT2D eigenvalue weighted by atomic mass is 79.9. The van der Waals surface area contributed by atoms with Crippen LogP contribution in [0.3, 0.4) is 0 Å². The molecular formula is C29H39BrN2O4. The van der Waals surface area contributed by atoms with Gasteiger partial charge < -0.3 is 20.0 Å². The Kier molecular flexibility index (Phi) is 9.72. The zero-order valence-electron chi connectivity index (χ0n) is 21.8. The molecule has 1 aromatic carbocycles. The maximum absolute atomic E-state index is 13.6. The summed E-state index contributed by atoms with van der Waals surface area (Å²) in [6, 6.07) is 5.44. The van der Waals surface area contributed by atoms with Crippen molar-refractivity contribution in [2.75, 3.05) is 24.6 Å². The van der Waals surface area contributed by atoms with Gasteiger partial charge in [0.1, 0.15) is 0 Å².